The van der Waals surface area contributed by atoms with Crippen LogP contribution in [0.3, 0.4) is 0 Å². The summed E-state index contributed by atoms with van der Waals surface area (Å²) in [5.41, 5.74) is 0. The van der Waals surface area contributed by atoms with Gasteiger partial charge in [-0.05, 0) is 31.1 Å². The van der Waals surface area contributed by atoms with Crippen LogP contribution in [0.2, 0.25) is 0 Å². The van der Waals surface area contributed by atoms with Gasteiger partial charge in [0.1, 0.15) is 0 Å². The van der Waals surface area contributed by atoms with Crippen molar-refractivity contribution < 1.29 is 5.11 Å². The fourth-order valence-electron chi connectivity index (χ4n) is 3.56. The molecule has 1 fully saturated rings. The van der Waals surface area contributed by atoms with Crippen LogP contribution >= 0.6 is 0 Å². The molecule has 0 aromatic rings. The number of hydrogen-bond donors (Lipinski definition) is 1. The summed E-state index contributed by atoms with van der Waals surface area (Å²) >= 11 is 0. The van der Waals surface area contributed by atoms with E-state index in [9.17, 15) is 5.11 Å². The molecule has 1 aliphatic carbocycles. The van der Waals surface area contributed by atoms with E-state index in [1.54, 1.807) is 0 Å². The summed E-state index contributed by atoms with van der Waals surface area (Å²) in [6.45, 7) is 4.56. The molecule has 1 rings (SSSR count). The van der Waals surface area contributed by atoms with Gasteiger partial charge in [0.15, 0.2) is 0 Å². The molecule has 1 aliphatic rings. The Kier molecular flexibility index (Phi) is 9.59. The van der Waals surface area contributed by atoms with Gasteiger partial charge in [0.25, 0.3) is 0 Å². The Morgan fingerprint density at radius 1 is 0.895 bits per heavy atom. The molecule has 0 bridgehead atoms. The highest BCUT2D eigenvalue weighted by atomic mass is 16.3. The smallest absolute Gasteiger partial charge is 0.0568 e. The Morgan fingerprint density at radius 3 is 2.11 bits per heavy atom. The highest BCUT2D eigenvalue weighted by Crippen LogP contribution is 2.36. The lowest BCUT2D eigenvalue weighted by Crippen LogP contribution is -2.17. The van der Waals surface area contributed by atoms with Crippen molar-refractivity contribution in [2.45, 2.75) is 103 Å². The molecule has 3 unspecified atom stereocenters. The van der Waals surface area contributed by atoms with Gasteiger partial charge in [0.2, 0.25) is 0 Å². The van der Waals surface area contributed by atoms with Gasteiger partial charge in [-0.2, -0.15) is 0 Å². The molecule has 1 nitrogen and oxygen atoms in total. The van der Waals surface area contributed by atoms with Gasteiger partial charge in [0.05, 0.1) is 6.10 Å². The number of aliphatic hydroxyl groups excluding tert-OH is 1. The van der Waals surface area contributed by atoms with E-state index in [1.807, 2.05) is 0 Å². The molecule has 0 spiro atoms. The molecule has 0 saturated heterocycles. The lowest BCUT2D eigenvalue weighted by molar-refractivity contribution is 0.0966. The van der Waals surface area contributed by atoms with Crippen LogP contribution in [0.5, 0.6) is 0 Å². The largest absolute Gasteiger partial charge is 0.393 e. The van der Waals surface area contributed by atoms with E-state index in [4.69, 9.17) is 0 Å². The summed E-state index contributed by atoms with van der Waals surface area (Å²) in [5, 5.41) is 10.2. The fraction of sp³-hybridized carbons (Fsp3) is 1.00. The van der Waals surface area contributed by atoms with Gasteiger partial charge in [-0.15, -0.1) is 0 Å². The number of rotatable bonds is 11. The molecule has 1 saturated carbocycles. The Labute approximate surface area is 121 Å². The second kappa shape index (κ2) is 10.7. The molecule has 1 heteroatoms. The molecule has 3 atom stereocenters. The first-order chi connectivity index (χ1) is 9.27. The maximum atomic E-state index is 10.2. The summed E-state index contributed by atoms with van der Waals surface area (Å²) in [4.78, 5) is 0. The van der Waals surface area contributed by atoms with Crippen molar-refractivity contribution in [1.82, 2.24) is 0 Å². The number of aliphatic hydroxyl groups is 1. The van der Waals surface area contributed by atoms with Gasteiger partial charge in [-0.25, -0.2) is 0 Å². The Hall–Kier alpha value is -0.0400. The van der Waals surface area contributed by atoms with E-state index in [1.165, 1.54) is 77.0 Å². The zero-order valence-electron chi connectivity index (χ0n) is 13.4. The standard InChI is InChI=1S/C18H36O/c1-3-5-6-7-8-9-10-11-12-18(19)17-14-13-16(4-2)15-17/h16-19H,3-15H2,1-2H3. The van der Waals surface area contributed by atoms with Gasteiger partial charge in [-0.3, -0.25) is 0 Å². The minimum Gasteiger partial charge on any atom is -0.393 e. The minimum absolute atomic E-state index is 0.00311. The Balaban J connectivity index is 1.91. The molecule has 0 aromatic heterocycles. The SMILES string of the molecule is CCCCCCCCCCC(O)C1CCC(CC)C1. The molecule has 0 amide bonds. The molecule has 0 heterocycles. The first kappa shape index (κ1) is 17.0. The van der Waals surface area contributed by atoms with E-state index >= 15 is 0 Å². The second-order valence-corrected chi connectivity index (χ2v) is 6.68. The molecular formula is C18H36O. The molecule has 1 N–H and O–H groups in total. The van der Waals surface area contributed by atoms with Crippen molar-refractivity contribution in [3.8, 4) is 0 Å². The normalized spacial score (nSPS) is 24.8. The van der Waals surface area contributed by atoms with Crippen molar-refractivity contribution in [3.63, 3.8) is 0 Å². The van der Waals surface area contributed by atoms with E-state index in [2.05, 4.69) is 13.8 Å². The first-order valence-electron chi connectivity index (χ1n) is 8.96. The lowest BCUT2D eigenvalue weighted by Gasteiger charge is -2.18. The first-order valence-corrected chi connectivity index (χ1v) is 8.96. The third-order valence-electron chi connectivity index (χ3n) is 5.06. The predicted octanol–water partition coefficient (Wildman–Crippen LogP) is 5.70. The van der Waals surface area contributed by atoms with Crippen LogP contribution in [0, 0.1) is 11.8 Å². The minimum atomic E-state index is -0.00311. The summed E-state index contributed by atoms with van der Waals surface area (Å²) in [5.74, 6) is 1.52. The monoisotopic (exact) mass is 268 g/mol. The highest BCUT2D eigenvalue weighted by Gasteiger charge is 2.28. The van der Waals surface area contributed by atoms with Crippen LogP contribution < -0.4 is 0 Å². The number of unbranched alkanes of at least 4 members (excludes halogenated alkanes) is 7. The lowest BCUT2D eigenvalue weighted by atomic mass is 9.94. The summed E-state index contributed by atoms with van der Waals surface area (Å²) in [6, 6.07) is 0. The summed E-state index contributed by atoms with van der Waals surface area (Å²) in [7, 11) is 0. The van der Waals surface area contributed by atoms with Crippen molar-refractivity contribution in [1.29, 1.82) is 0 Å². The summed E-state index contributed by atoms with van der Waals surface area (Å²) in [6.07, 6.45) is 17.2. The molecule has 0 aliphatic heterocycles. The molecule has 19 heavy (non-hydrogen) atoms. The third kappa shape index (κ3) is 7.34. The van der Waals surface area contributed by atoms with Gasteiger partial charge < -0.3 is 5.11 Å². The molecule has 0 radical (unpaired) electrons. The van der Waals surface area contributed by atoms with Crippen LogP contribution in [-0.4, -0.2) is 11.2 Å². The van der Waals surface area contributed by atoms with Gasteiger partial charge in [-0.1, -0.05) is 78.1 Å². The maximum absolute atomic E-state index is 10.2. The van der Waals surface area contributed by atoms with Crippen molar-refractivity contribution >= 4 is 0 Å². The van der Waals surface area contributed by atoms with Crippen molar-refractivity contribution in [2.24, 2.45) is 11.8 Å². The van der Waals surface area contributed by atoms with Crippen molar-refractivity contribution in [3.05, 3.63) is 0 Å². The second-order valence-electron chi connectivity index (χ2n) is 6.68. The van der Waals surface area contributed by atoms with Crippen LogP contribution in [-0.2, 0) is 0 Å². The summed E-state index contributed by atoms with van der Waals surface area (Å²) < 4.78 is 0. The third-order valence-corrected chi connectivity index (χ3v) is 5.06. The van der Waals surface area contributed by atoms with Crippen LogP contribution in [0.1, 0.15) is 97.3 Å². The van der Waals surface area contributed by atoms with E-state index < -0.39 is 0 Å². The van der Waals surface area contributed by atoms with Crippen LogP contribution in [0.25, 0.3) is 0 Å². The quantitative estimate of drug-likeness (QED) is 0.476. The molecule has 0 aromatic carbocycles. The van der Waals surface area contributed by atoms with Crippen LogP contribution in [0.4, 0.5) is 0 Å². The van der Waals surface area contributed by atoms with E-state index in [0.717, 1.165) is 12.3 Å². The predicted molar refractivity (Wildman–Crippen MR) is 84.4 cm³/mol. The molecular weight excluding hydrogens is 232 g/mol. The Bertz CT molecular complexity index is 202. The topological polar surface area (TPSA) is 20.2 Å². The van der Waals surface area contributed by atoms with E-state index in [0.29, 0.717) is 5.92 Å². The average molecular weight is 268 g/mol. The Morgan fingerprint density at radius 2 is 1.53 bits per heavy atom. The number of hydrogen-bond acceptors (Lipinski definition) is 1. The molecule has 114 valence electrons. The zero-order chi connectivity index (χ0) is 13.9. The maximum Gasteiger partial charge on any atom is 0.0568 e. The van der Waals surface area contributed by atoms with E-state index in [-0.39, 0.29) is 6.10 Å². The highest BCUT2D eigenvalue weighted by molar-refractivity contribution is 4.79. The van der Waals surface area contributed by atoms with Gasteiger partial charge >= 0.3 is 0 Å². The fourth-order valence-corrected chi connectivity index (χ4v) is 3.56. The van der Waals surface area contributed by atoms with Gasteiger partial charge in [0, 0.05) is 0 Å². The average Bonchev–Trinajstić information content (AvgIpc) is 2.90. The zero-order valence-corrected chi connectivity index (χ0v) is 13.4. The van der Waals surface area contributed by atoms with Crippen LogP contribution in [0.15, 0.2) is 0 Å². The van der Waals surface area contributed by atoms with Crippen molar-refractivity contribution in [2.75, 3.05) is 0 Å².